The van der Waals surface area contributed by atoms with E-state index in [0.717, 1.165) is 25.9 Å². The smallest absolute Gasteiger partial charge is 0.210 e. The van der Waals surface area contributed by atoms with E-state index in [1.165, 1.54) is 0 Å². The van der Waals surface area contributed by atoms with E-state index in [4.69, 9.17) is 9.47 Å². The van der Waals surface area contributed by atoms with Crippen molar-refractivity contribution < 1.29 is 14.6 Å². The van der Waals surface area contributed by atoms with Crippen LogP contribution in [-0.2, 0) is 9.47 Å². The normalized spacial score (nSPS) is 22.4. The molecule has 1 aliphatic heterocycles. The maximum Gasteiger partial charge on any atom is 0.210 e. The third-order valence-electron chi connectivity index (χ3n) is 1.92. The first kappa shape index (κ1) is 11.4. The summed E-state index contributed by atoms with van der Waals surface area (Å²) in [5.74, 6) is 2.77. The molecular weight excluding hydrogens is 180 g/mol. The molecule has 1 saturated heterocycles. The Kier molecular flexibility index (Phi) is 4.24. The number of rotatable bonds is 2. The van der Waals surface area contributed by atoms with Crippen molar-refractivity contribution in [2.75, 3.05) is 6.61 Å². The molecule has 1 fully saturated rings. The van der Waals surface area contributed by atoms with Gasteiger partial charge in [0.15, 0.2) is 0 Å². The molecule has 1 unspecified atom stereocenters. The Labute approximate surface area is 85.4 Å². The zero-order chi connectivity index (χ0) is 10.4. The molecule has 0 spiro atoms. The van der Waals surface area contributed by atoms with E-state index >= 15 is 0 Å². The van der Waals surface area contributed by atoms with Gasteiger partial charge in [-0.05, 0) is 26.7 Å². The Bertz CT molecular complexity index is 213. The topological polar surface area (TPSA) is 38.7 Å². The molecule has 0 radical (unpaired) electrons. The molecule has 1 heterocycles. The quantitative estimate of drug-likeness (QED) is 0.686. The first-order chi connectivity index (χ1) is 6.58. The zero-order valence-electron chi connectivity index (χ0n) is 8.88. The predicted octanol–water partition coefficient (Wildman–Crippen LogP) is 1.65. The summed E-state index contributed by atoms with van der Waals surface area (Å²) in [7, 11) is 0. The van der Waals surface area contributed by atoms with E-state index in [-0.39, 0.29) is 6.29 Å². The Morgan fingerprint density at radius 1 is 1.50 bits per heavy atom. The first-order valence-corrected chi connectivity index (χ1v) is 5.05. The number of hydrogen-bond acceptors (Lipinski definition) is 3. The molecule has 1 aliphatic rings. The van der Waals surface area contributed by atoms with Gasteiger partial charge in [-0.3, -0.25) is 0 Å². The van der Waals surface area contributed by atoms with Gasteiger partial charge in [0.05, 0.1) is 12.2 Å². The highest BCUT2D eigenvalue weighted by atomic mass is 16.7. The van der Waals surface area contributed by atoms with E-state index < -0.39 is 5.60 Å². The van der Waals surface area contributed by atoms with Gasteiger partial charge in [0.1, 0.15) is 6.11 Å². The second-order valence-corrected chi connectivity index (χ2v) is 4.18. The van der Waals surface area contributed by atoms with Crippen LogP contribution in [0.3, 0.4) is 0 Å². The molecule has 1 atom stereocenters. The van der Waals surface area contributed by atoms with Crippen molar-refractivity contribution >= 4 is 0 Å². The summed E-state index contributed by atoms with van der Waals surface area (Å²) in [6.45, 7) is 4.20. The molecule has 0 aliphatic carbocycles. The summed E-state index contributed by atoms with van der Waals surface area (Å²) < 4.78 is 10.5. The highest BCUT2D eigenvalue weighted by Gasteiger charge is 2.13. The maximum absolute atomic E-state index is 9.37. The molecule has 1 N–H and O–H groups in total. The third kappa shape index (κ3) is 5.11. The Morgan fingerprint density at radius 2 is 2.29 bits per heavy atom. The predicted molar refractivity (Wildman–Crippen MR) is 53.4 cm³/mol. The van der Waals surface area contributed by atoms with Crippen molar-refractivity contribution in [3.05, 3.63) is 0 Å². The van der Waals surface area contributed by atoms with Crippen LogP contribution in [0.4, 0.5) is 0 Å². The third-order valence-corrected chi connectivity index (χ3v) is 1.92. The van der Waals surface area contributed by atoms with Crippen molar-refractivity contribution in [1.29, 1.82) is 0 Å². The van der Waals surface area contributed by atoms with Crippen LogP contribution in [0.2, 0.25) is 0 Å². The lowest BCUT2D eigenvalue weighted by atomic mass is 10.1. The largest absolute Gasteiger partial charge is 0.414 e. The maximum atomic E-state index is 9.37. The Balaban J connectivity index is 2.18. The SMILES string of the molecule is CC(C)(O)CC#COC1CCCCO1. The summed E-state index contributed by atoms with van der Waals surface area (Å²) in [5, 5.41) is 9.37. The van der Waals surface area contributed by atoms with Gasteiger partial charge in [-0.1, -0.05) is 5.92 Å². The van der Waals surface area contributed by atoms with Gasteiger partial charge in [-0.15, -0.1) is 0 Å². The molecule has 0 saturated carbocycles. The molecule has 0 bridgehead atoms. The summed E-state index contributed by atoms with van der Waals surface area (Å²) in [6, 6.07) is 0. The fraction of sp³-hybridized carbons (Fsp3) is 0.818. The van der Waals surface area contributed by atoms with Crippen LogP contribution >= 0.6 is 0 Å². The Hall–Kier alpha value is -0.720. The minimum absolute atomic E-state index is 0.168. The highest BCUT2D eigenvalue weighted by molar-refractivity contribution is 4.96. The van der Waals surface area contributed by atoms with Crippen LogP contribution in [-0.4, -0.2) is 23.6 Å². The lowest BCUT2D eigenvalue weighted by Crippen LogP contribution is -2.20. The zero-order valence-corrected chi connectivity index (χ0v) is 8.88. The number of hydrogen-bond donors (Lipinski definition) is 1. The molecule has 0 amide bonds. The van der Waals surface area contributed by atoms with E-state index in [1.807, 2.05) is 0 Å². The van der Waals surface area contributed by atoms with Crippen molar-refractivity contribution in [3.63, 3.8) is 0 Å². The average Bonchev–Trinajstić information content (AvgIpc) is 2.13. The minimum atomic E-state index is -0.746. The molecule has 0 aromatic heterocycles. The van der Waals surface area contributed by atoms with E-state index in [0.29, 0.717) is 6.42 Å². The lowest BCUT2D eigenvalue weighted by molar-refractivity contribution is -0.122. The fourth-order valence-corrected chi connectivity index (χ4v) is 1.16. The molecular formula is C11H18O3. The molecule has 14 heavy (non-hydrogen) atoms. The fourth-order valence-electron chi connectivity index (χ4n) is 1.16. The molecule has 80 valence electrons. The lowest BCUT2D eigenvalue weighted by Gasteiger charge is -2.19. The molecule has 0 aromatic rings. The van der Waals surface area contributed by atoms with Gasteiger partial charge in [-0.25, -0.2) is 0 Å². The second-order valence-electron chi connectivity index (χ2n) is 4.18. The van der Waals surface area contributed by atoms with E-state index in [1.54, 1.807) is 13.8 Å². The van der Waals surface area contributed by atoms with Gasteiger partial charge in [0.2, 0.25) is 6.29 Å². The standard InChI is InChI=1S/C11H18O3/c1-11(2,12)7-5-9-14-10-6-3-4-8-13-10/h10,12H,3-4,6-8H2,1-2H3. The van der Waals surface area contributed by atoms with E-state index in [9.17, 15) is 5.11 Å². The number of ether oxygens (including phenoxy) is 2. The van der Waals surface area contributed by atoms with Crippen molar-refractivity contribution in [1.82, 2.24) is 0 Å². The van der Waals surface area contributed by atoms with Crippen LogP contribution in [0.5, 0.6) is 0 Å². The van der Waals surface area contributed by atoms with Gasteiger partial charge in [0, 0.05) is 12.8 Å². The van der Waals surface area contributed by atoms with Crippen LogP contribution in [0.1, 0.15) is 39.5 Å². The molecule has 0 aromatic carbocycles. The van der Waals surface area contributed by atoms with E-state index in [2.05, 4.69) is 12.0 Å². The highest BCUT2D eigenvalue weighted by Crippen LogP contribution is 2.13. The second kappa shape index (κ2) is 5.23. The van der Waals surface area contributed by atoms with Crippen LogP contribution in [0.25, 0.3) is 0 Å². The Morgan fingerprint density at radius 3 is 2.86 bits per heavy atom. The summed E-state index contributed by atoms with van der Waals surface area (Å²) in [6.07, 6.45) is 5.98. The van der Waals surface area contributed by atoms with Crippen molar-refractivity contribution in [2.24, 2.45) is 0 Å². The van der Waals surface area contributed by atoms with Gasteiger partial charge >= 0.3 is 0 Å². The van der Waals surface area contributed by atoms with Crippen molar-refractivity contribution in [2.45, 2.75) is 51.4 Å². The van der Waals surface area contributed by atoms with Gasteiger partial charge < -0.3 is 14.6 Å². The minimum Gasteiger partial charge on any atom is -0.414 e. The molecule has 3 heteroatoms. The summed E-state index contributed by atoms with van der Waals surface area (Å²) in [4.78, 5) is 0. The molecule has 3 nitrogen and oxygen atoms in total. The average molecular weight is 198 g/mol. The monoisotopic (exact) mass is 198 g/mol. The van der Waals surface area contributed by atoms with Crippen LogP contribution in [0, 0.1) is 12.0 Å². The molecule has 1 rings (SSSR count). The number of aliphatic hydroxyl groups is 1. The van der Waals surface area contributed by atoms with Crippen LogP contribution in [0.15, 0.2) is 0 Å². The summed E-state index contributed by atoms with van der Waals surface area (Å²) >= 11 is 0. The first-order valence-electron chi connectivity index (χ1n) is 5.05. The summed E-state index contributed by atoms with van der Waals surface area (Å²) in [5.41, 5.74) is -0.746. The van der Waals surface area contributed by atoms with Gasteiger partial charge in [0.25, 0.3) is 0 Å². The van der Waals surface area contributed by atoms with Gasteiger partial charge in [-0.2, -0.15) is 0 Å². The van der Waals surface area contributed by atoms with Crippen LogP contribution < -0.4 is 0 Å². The van der Waals surface area contributed by atoms with Crippen molar-refractivity contribution in [3.8, 4) is 12.0 Å².